The number of aromatic nitrogens is 1. The van der Waals surface area contributed by atoms with Crippen LogP contribution in [0.5, 0.6) is 11.6 Å². The molecule has 0 saturated carbocycles. The van der Waals surface area contributed by atoms with E-state index in [2.05, 4.69) is 21.7 Å². The van der Waals surface area contributed by atoms with Gasteiger partial charge in [0.2, 0.25) is 12.7 Å². The lowest BCUT2D eigenvalue weighted by Crippen LogP contribution is -2.46. The number of benzene rings is 2. The van der Waals surface area contributed by atoms with Crippen LogP contribution in [0.4, 0.5) is 5.69 Å². The van der Waals surface area contributed by atoms with Gasteiger partial charge < -0.3 is 19.1 Å². The Morgan fingerprint density at radius 2 is 1.43 bits per heavy atom. The summed E-state index contributed by atoms with van der Waals surface area (Å²) in [6, 6.07) is 15.5. The molecule has 1 saturated heterocycles. The highest BCUT2D eigenvalue weighted by Crippen LogP contribution is 2.33. The molecule has 2 aromatic carbocycles. The highest BCUT2D eigenvalue weighted by molar-refractivity contribution is 6.43. The number of esters is 1. The molecule has 1 aliphatic heterocycles. The number of halogens is 2. The Bertz CT molecular complexity index is 1380. The van der Waals surface area contributed by atoms with E-state index in [-0.39, 0.29) is 12.8 Å². The number of rotatable bonds is 24. The summed E-state index contributed by atoms with van der Waals surface area (Å²) >= 11 is 12.6. The number of piperazine rings is 1. The van der Waals surface area contributed by atoms with E-state index in [1.165, 1.54) is 70.6 Å². The van der Waals surface area contributed by atoms with Crippen molar-refractivity contribution >= 4 is 45.8 Å². The third-order valence-electron chi connectivity index (χ3n) is 9.33. The van der Waals surface area contributed by atoms with Gasteiger partial charge in [-0.2, -0.15) is 0 Å². The Morgan fingerprint density at radius 3 is 2.14 bits per heavy atom. The number of unbranched alkanes of at least 4 members (excludes halogenated alkanes) is 13. The van der Waals surface area contributed by atoms with Crippen molar-refractivity contribution in [1.82, 2.24) is 9.88 Å². The van der Waals surface area contributed by atoms with Crippen LogP contribution in [-0.4, -0.2) is 62.0 Å². The average Bonchev–Trinajstić information content (AvgIpc) is 3.11. The second-order valence-corrected chi connectivity index (χ2v) is 14.0. The minimum Gasteiger partial charge on any atom is -0.494 e. The zero-order chi connectivity index (χ0) is 34.5. The van der Waals surface area contributed by atoms with E-state index in [9.17, 15) is 4.79 Å². The largest absolute Gasteiger partial charge is 0.494 e. The molecule has 4 rings (SSSR count). The summed E-state index contributed by atoms with van der Waals surface area (Å²) in [5.41, 5.74) is 1.80. The van der Waals surface area contributed by atoms with E-state index in [4.69, 9.17) is 37.4 Å². The Balaban J connectivity index is 1.02. The van der Waals surface area contributed by atoms with Gasteiger partial charge in [0.15, 0.2) is 0 Å². The summed E-state index contributed by atoms with van der Waals surface area (Å²) in [5, 5.41) is 2.24. The van der Waals surface area contributed by atoms with E-state index in [0.717, 1.165) is 80.7 Å². The minimum atomic E-state index is -0.218. The Labute approximate surface area is 304 Å². The molecule has 0 atom stereocenters. The van der Waals surface area contributed by atoms with Crippen molar-refractivity contribution in [2.75, 3.05) is 51.0 Å². The molecule has 0 N–H and O–H groups in total. The van der Waals surface area contributed by atoms with Crippen LogP contribution in [0.3, 0.4) is 0 Å². The highest BCUT2D eigenvalue weighted by atomic mass is 35.5. The normalized spacial score (nSPS) is 13.6. The molecule has 9 heteroatoms. The van der Waals surface area contributed by atoms with Gasteiger partial charge in [0.25, 0.3) is 0 Å². The van der Waals surface area contributed by atoms with Gasteiger partial charge in [-0.3, -0.25) is 9.69 Å². The zero-order valence-electron chi connectivity index (χ0n) is 29.6. The molecule has 3 aromatic rings. The number of nitrogens with zero attached hydrogens (tertiary/aromatic N) is 3. The molecule has 270 valence electrons. The van der Waals surface area contributed by atoms with E-state index >= 15 is 0 Å². The number of fused-ring (bicyclic) bond motifs is 1. The Morgan fingerprint density at radius 1 is 0.755 bits per heavy atom. The van der Waals surface area contributed by atoms with Crippen molar-refractivity contribution < 1.29 is 19.0 Å². The van der Waals surface area contributed by atoms with Gasteiger partial charge in [0.1, 0.15) is 5.75 Å². The molecule has 1 aromatic heterocycles. The molecular formula is C40H57Cl2N3O4. The molecular weight excluding hydrogens is 657 g/mol. The first-order valence-corrected chi connectivity index (χ1v) is 19.5. The van der Waals surface area contributed by atoms with Crippen molar-refractivity contribution in [3.05, 3.63) is 58.6 Å². The second-order valence-electron chi connectivity index (χ2n) is 13.2. The molecule has 7 nitrogen and oxygen atoms in total. The standard InChI is InChI=1S/C40H57Cl2N3O4/c1-2-3-4-5-6-7-8-9-10-11-12-13-14-20-39(46)49-32-48-38-24-22-33-21-23-34(31-36(33)43-38)47-30-16-15-25-44-26-28-45(29-27-44)37-19-17-18-35(41)40(37)42/h17-19,21-24,31H,2-16,20,25-30,32H2,1H3. The van der Waals surface area contributed by atoms with Crippen LogP contribution >= 0.6 is 23.2 Å². The van der Waals surface area contributed by atoms with Crippen LogP contribution in [-0.2, 0) is 9.53 Å². The van der Waals surface area contributed by atoms with Gasteiger partial charge in [-0.1, -0.05) is 113 Å². The van der Waals surface area contributed by atoms with Gasteiger partial charge in [-0.25, -0.2) is 4.98 Å². The number of pyridine rings is 1. The molecule has 1 fully saturated rings. The van der Waals surface area contributed by atoms with Crippen LogP contribution in [0.15, 0.2) is 48.5 Å². The fourth-order valence-electron chi connectivity index (χ4n) is 6.34. The van der Waals surface area contributed by atoms with Crippen molar-refractivity contribution in [2.45, 2.75) is 110 Å². The van der Waals surface area contributed by atoms with Crippen LogP contribution in [0.1, 0.15) is 110 Å². The Kier molecular flexibility index (Phi) is 18.2. The molecule has 1 aliphatic rings. The highest BCUT2D eigenvalue weighted by Gasteiger charge is 2.19. The smallest absolute Gasteiger partial charge is 0.308 e. The van der Waals surface area contributed by atoms with Crippen LogP contribution in [0, 0.1) is 0 Å². The van der Waals surface area contributed by atoms with Crippen LogP contribution in [0.2, 0.25) is 10.0 Å². The topological polar surface area (TPSA) is 64.1 Å². The van der Waals surface area contributed by atoms with E-state index in [1.54, 1.807) is 6.07 Å². The molecule has 0 amide bonds. The molecule has 0 radical (unpaired) electrons. The Hall–Kier alpha value is -2.74. The summed E-state index contributed by atoms with van der Waals surface area (Å²) in [7, 11) is 0. The number of carbonyl (C=O) groups excluding carboxylic acids is 1. The molecule has 2 heterocycles. The van der Waals surface area contributed by atoms with Gasteiger partial charge in [0, 0.05) is 50.1 Å². The van der Waals surface area contributed by atoms with Crippen molar-refractivity contribution in [3.8, 4) is 11.6 Å². The lowest BCUT2D eigenvalue weighted by Gasteiger charge is -2.36. The molecule has 0 unspecified atom stereocenters. The molecule has 0 bridgehead atoms. The fourth-order valence-corrected chi connectivity index (χ4v) is 6.75. The SMILES string of the molecule is CCCCCCCCCCCCCCCC(=O)OCOc1ccc2ccc(OCCCCN3CCN(c4cccc(Cl)c4Cl)CC3)cc2n1. The van der Waals surface area contributed by atoms with E-state index < -0.39 is 0 Å². The first-order chi connectivity index (χ1) is 24.0. The summed E-state index contributed by atoms with van der Waals surface area (Å²) in [4.78, 5) is 21.6. The van der Waals surface area contributed by atoms with Crippen molar-refractivity contribution in [2.24, 2.45) is 0 Å². The van der Waals surface area contributed by atoms with Crippen LogP contribution < -0.4 is 14.4 Å². The molecule has 0 spiro atoms. The summed E-state index contributed by atoms with van der Waals surface area (Å²) < 4.78 is 17.0. The lowest BCUT2D eigenvalue weighted by atomic mass is 10.0. The summed E-state index contributed by atoms with van der Waals surface area (Å²) in [6.07, 6.45) is 19.1. The van der Waals surface area contributed by atoms with E-state index in [0.29, 0.717) is 29.0 Å². The van der Waals surface area contributed by atoms with Crippen molar-refractivity contribution in [3.63, 3.8) is 0 Å². The zero-order valence-corrected chi connectivity index (χ0v) is 31.1. The lowest BCUT2D eigenvalue weighted by molar-refractivity contribution is -0.150. The maximum absolute atomic E-state index is 12.2. The predicted octanol–water partition coefficient (Wildman–Crippen LogP) is 10.9. The van der Waals surface area contributed by atoms with Gasteiger partial charge >= 0.3 is 5.97 Å². The summed E-state index contributed by atoms with van der Waals surface area (Å²) in [6.45, 7) is 7.71. The number of ether oxygens (including phenoxy) is 3. The quantitative estimate of drug-likeness (QED) is 0.0520. The second kappa shape index (κ2) is 22.9. The average molecular weight is 715 g/mol. The first kappa shape index (κ1) is 39.1. The maximum Gasteiger partial charge on any atom is 0.308 e. The molecule has 49 heavy (non-hydrogen) atoms. The number of hydrogen-bond acceptors (Lipinski definition) is 7. The van der Waals surface area contributed by atoms with Gasteiger partial charge in [-0.15, -0.1) is 0 Å². The third kappa shape index (κ3) is 14.6. The summed E-state index contributed by atoms with van der Waals surface area (Å²) in [5.74, 6) is 0.994. The molecule has 0 aliphatic carbocycles. The number of anilines is 1. The van der Waals surface area contributed by atoms with Crippen LogP contribution in [0.25, 0.3) is 10.9 Å². The third-order valence-corrected chi connectivity index (χ3v) is 10.1. The maximum atomic E-state index is 12.2. The minimum absolute atomic E-state index is 0.130. The van der Waals surface area contributed by atoms with E-state index in [1.807, 2.05) is 42.5 Å². The first-order valence-electron chi connectivity index (χ1n) is 18.8. The predicted molar refractivity (Wildman–Crippen MR) is 203 cm³/mol. The van der Waals surface area contributed by atoms with Crippen molar-refractivity contribution in [1.29, 1.82) is 0 Å². The number of hydrogen-bond donors (Lipinski definition) is 0. The fraction of sp³-hybridized carbons (Fsp3) is 0.600. The van der Waals surface area contributed by atoms with Gasteiger partial charge in [-0.05, 0) is 56.1 Å². The van der Waals surface area contributed by atoms with Gasteiger partial charge in [0.05, 0.1) is 27.9 Å². The monoisotopic (exact) mass is 713 g/mol. The number of carbonyl (C=O) groups is 1.